The van der Waals surface area contributed by atoms with Crippen molar-refractivity contribution in [1.82, 2.24) is 5.32 Å². The molecule has 0 unspecified atom stereocenters. The molecule has 0 spiro atoms. The Labute approximate surface area is 69.0 Å². The number of hydrogen-bond acceptors (Lipinski definition) is 2. The normalized spacial score (nSPS) is 19.9. The molecule has 2 nitrogen and oxygen atoms in total. The first kappa shape index (κ1) is 9.01. The minimum absolute atomic E-state index is 0.0512. The van der Waals surface area contributed by atoms with E-state index in [0.29, 0.717) is 0 Å². The van der Waals surface area contributed by atoms with E-state index in [1.807, 2.05) is 0 Å². The minimum atomic E-state index is 0.0512. The molecule has 0 bridgehead atoms. The van der Waals surface area contributed by atoms with Crippen molar-refractivity contribution in [3.05, 3.63) is 0 Å². The SMILES string of the molecule is CC(C)(CO)CNC1CCC1. The Balaban J connectivity index is 2.09. The van der Waals surface area contributed by atoms with Crippen LogP contribution in [0.3, 0.4) is 0 Å². The van der Waals surface area contributed by atoms with Crippen LogP contribution < -0.4 is 5.32 Å². The molecular formula is C9H19NO. The van der Waals surface area contributed by atoms with Crippen LogP contribution in [0.2, 0.25) is 0 Å². The molecule has 0 atom stereocenters. The standard InChI is InChI=1S/C9H19NO/c1-9(2,7-11)6-10-8-4-3-5-8/h8,10-11H,3-7H2,1-2H3. The van der Waals surface area contributed by atoms with Crippen molar-refractivity contribution in [3.8, 4) is 0 Å². The van der Waals surface area contributed by atoms with Gasteiger partial charge in [0, 0.05) is 24.6 Å². The molecule has 66 valence electrons. The van der Waals surface area contributed by atoms with Crippen molar-refractivity contribution in [2.24, 2.45) is 5.41 Å². The highest BCUT2D eigenvalue weighted by Crippen LogP contribution is 2.20. The van der Waals surface area contributed by atoms with Gasteiger partial charge in [-0.05, 0) is 12.8 Å². The third-order valence-corrected chi connectivity index (χ3v) is 2.40. The largest absolute Gasteiger partial charge is 0.396 e. The lowest BCUT2D eigenvalue weighted by atomic mass is 9.90. The second-order valence-electron chi connectivity index (χ2n) is 4.33. The monoisotopic (exact) mass is 157 g/mol. The third-order valence-electron chi connectivity index (χ3n) is 2.40. The van der Waals surface area contributed by atoms with E-state index in [1.54, 1.807) is 0 Å². The fourth-order valence-corrected chi connectivity index (χ4v) is 1.09. The van der Waals surface area contributed by atoms with Gasteiger partial charge in [-0.25, -0.2) is 0 Å². The Morgan fingerprint density at radius 3 is 2.45 bits per heavy atom. The molecule has 0 aromatic heterocycles. The van der Waals surface area contributed by atoms with E-state index in [0.717, 1.165) is 12.6 Å². The maximum Gasteiger partial charge on any atom is 0.0494 e. The lowest BCUT2D eigenvalue weighted by molar-refractivity contribution is 0.146. The summed E-state index contributed by atoms with van der Waals surface area (Å²) < 4.78 is 0. The molecule has 1 fully saturated rings. The fraction of sp³-hybridized carbons (Fsp3) is 1.00. The molecule has 1 aliphatic carbocycles. The van der Waals surface area contributed by atoms with Crippen molar-refractivity contribution < 1.29 is 5.11 Å². The van der Waals surface area contributed by atoms with Crippen LogP contribution in [0.5, 0.6) is 0 Å². The first-order valence-electron chi connectivity index (χ1n) is 4.48. The van der Waals surface area contributed by atoms with Gasteiger partial charge >= 0.3 is 0 Å². The summed E-state index contributed by atoms with van der Waals surface area (Å²) in [5.74, 6) is 0. The highest BCUT2D eigenvalue weighted by atomic mass is 16.3. The molecule has 1 saturated carbocycles. The zero-order chi connectivity index (χ0) is 8.32. The lowest BCUT2D eigenvalue weighted by Crippen LogP contribution is -2.42. The number of nitrogens with one attached hydrogen (secondary N) is 1. The third kappa shape index (κ3) is 2.80. The molecule has 1 rings (SSSR count). The summed E-state index contributed by atoms with van der Waals surface area (Å²) in [6.07, 6.45) is 4.01. The second-order valence-corrected chi connectivity index (χ2v) is 4.33. The highest BCUT2D eigenvalue weighted by Gasteiger charge is 2.21. The van der Waals surface area contributed by atoms with E-state index in [4.69, 9.17) is 5.11 Å². The highest BCUT2D eigenvalue weighted by molar-refractivity contribution is 4.79. The van der Waals surface area contributed by atoms with E-state index in [-0.39, 0.29) is 12.0 Å². The summed E-state index contributed by atoms with van der Waals surface area (Å²) >= 11 is 0. The lowest BCUT2D eigenvalue weighted by Gasteiger charge is -2.31. The average molecular weight is 157 g/mol. The van der Waals surface area contributed by atoms with Gasteiger partial charge < -0.3 is 10.4 Å². The molecule has 2 heteroatoms. The van der Waals surface area contributed by atoms with Crippen molar-refractivity contribution in [1.29, 1.82) is 0 Å². The minimum Gasteiger partial charge on any atom is -0.396 e. The maximum atomic E-state index is 8.96. The summed E-state index contributed by atoms with van der Waals surface area (Å²) in [5, 5.41) is 12.4. The van der Waals surface area contributed by atoms with Gasteiger partial charge in [0.15, 0.2) is 0 Å². The summed E-state index contributed by atoms with van der Waals surface area (Å²) in [5.41, 5.74) is 0.0512. The average Bonchev–Trinajstić information content (AvgIpc) is 1.84. The number of aliphatic hydroxyl groups is 1. The van der Waals surface area contributed by atoms with Crippen LogP contribution in [-0.4, -0.2) is 24.3 Å². The van der Waals surface area contributed by atoms with Crippen LogP contribution >= 0.6 is 0 Å². The molecule has 1 aliphatic rings. The Bertz CT molecular complexity index is 119. The first-order chi connectivity index (χ1) is 5.14. The van der Waals surface area contributed by atoms with Crippen LogP contribution in [-0.2, 0) is 0 Å². The fourth-order valence-electron chi connectivity index (χ4n) is 1.09. The van der Waals surface area contributed by atoms with Gasteiger partial charge in [0.2, 0.25) is 0 Å². The number of hydrogen-bond donors (Lipinski definition) is 2. The van der Waals surface area contributed by atoms with Crippen molar-refractivity contribution in [3.63, 3.8) is 0 Å². The molecular weight excluding hydrogens is 138 g/mol. The van der Waals surface area contributed by atoms with Crippen molar-refractivity contribution >= 4 is 0 Å². The van der Waals surface area contributed by atoms with Crippen LogP contribution in [0.25, 0.3) is 0 Å². The zero-order valence-electron chi connectivity index (χ0n) is 7.56. The summed E-state index contributed by atoms with van der Waals surface area (Å²) in [7, 11) is 0. The quantitative estimate of drug-likeness (QED) is 0.641. The predicted molar refractivity (Wildman–Crippen MR) is 46.5 cm³/mol. The topological polar surface area (TPSA) is 32.3 Å². The van der Waals surface area contributed by atoms with E-state index < -0.39 is 0 Å². The van der Waals surface area contributed by atoms with E-state index in [9.17, 15) is 0 Å². The molecule has 0 aromatic carbocycles. The van der Waals surface area contributed by atoms with Gasteiger partial charge in [-0.2, -0.15) is 0 Å². The Morgan fingerprint density at radius 2 is 2.09 bits per heavy atom. The van der Waals surface area contributed by atoms with Gasteiger partial charge in [0.1, 0.15) is 0 Å². The number of aliphatic hydroxyl groups excluding tert-OH is 1. The molecule has 0 amide bonds. The smallest absolute Gasteiger partial charge is 0.0494 e. The molecule has 0 aliphatic heterocycles. The van der Waals surface area contributed by atoms with Crippen LogP contribution in [0, 0.1) is 5.41 Å². The van der Waals surface area contributed by atoms with Gasteiger partial charge in [0.25, 0.3) is 0 Å². The molecule has 0 heterocycles. The summed E-state index contributed by atoms with van der Waals surface area (Å²) in [4.78, 5) is 0. The van der Waals surface area contributed by atoms with Crippen molar-refractivity contribution in [2.75, 3.05) is 13.2 Å². The maximum absolute atomic E-state index is 8.96. The summed E-state index contributed by atoms with van der Waals surface area (Å²) in [6, 6.07) is 0.737. The van der Waals surface area contributed by atoms with E-state index in [2.05, 4.69) is 19.2 Å². The Kier molecular flexibility index (Phi) is 2.90. The van der Waals surface area contributed by atoms with Gasteiger partial charge in [0.05, 0.1) is 0 Å². The molecule has 2 N–H and O–H groups in total. The zero-order valence-corrected chi connectivity index (χ0v) is 7.56. The molecule has 0 radical (unpaired) electrons. The van der Waals surface area contributed by atoms with Gasteiger partial charge in [-0.15, -0.1) is 0 Å². The van der Waals surface area contributed by atoms with Crippen LogP contribution in [0.1, 0.15) is 33.1 Å². The number of rotatable bonds is 4. The predicted octanol–water partition coefficient (Wildman–Crippen LogP) is 1.15. The van der Waals surface area contributed by atoms with E-state index >= 15 is 0 Å². The van der Waals surface area contributed by atoms with E-state index in [1.165, 1.54) is 19.3 Å². The Morgan fingerprint density at radius 1 is 1.45 bits per heavy atom. The second kappa shape index (κ2) is 3.55. The summed E-state index contributed by atoms with van der Waals surface area (Å²) in [6.45, 7) is 5.37. The Hall–Kier alpha value is -0.0800. The first-order valence-corrected chi connectivity index (χ1v) is 4.48. The molecule has 0 aromatic rings. The van der Waals surface area contributed by atoms with Gasteiger partial charge in [-0.1, -0.05) is 20.3 Å². The molecule has 11 heavy (non-hydrogen) atoms. The van der Waals surface area contributed by atoms with Gasteiger partial charge in [-0.3, -0.25) is 0 Å². The van der Waals surface area contributed by atoms with Crippen LogP contribution in [0.4, 0.5) is 0 Å². The van der Waals surface area contributed by atoms with Crippen molar-refractivity contribution in [2.45, 2.75) is 39.2 Å². The molecule has 0 saturated heterocycles. The van der Waals surface area contributed by atoms with Crippen LogP contribution in [0.15, 0.2) is 0 Å².